The van der Waals surface area contributed by atoms with Crippen LogP contribution >= 0.6 is 0 Å². The summed E-state index contributed by atoms with van der Waals surface area (Å²) in [6.45, 7) is 29.7. The van der Waals surface area contributed by atoms with Gasteiger partial charge in [-0.3, -0.25) is 0 Å². The second kappa shape index (κ2) is 17.2. The minimum Gasteiger partial charge on any atom is -0.497 e. The van der Waals surface area contributed by atoms with E-state index in [-0.39, 0.29) is 42.7 Å². The van der Waals surface area contributed by atoms with Gasteiger partial charge in [0.2, 0.25) is 0 Å². The van der Waals surface area contributed by atoms with Gasteiger partial charge in [-0.2, -0.15) is 42.5 Å². The zero-order valence-corrected chi connectivity index (χ0v) is 43.0. The van der Waals surface area contributed by atoms with Gasteiger partial charge < -0.3 is 14.4 Å². The van der Waals surface area contributed by atoms with E-state index in [1.807, 2.05) is 6.20 Å². The first-order chi connectivity index (χ1) is 30.7. The first-order valence-electron chi connectivity index (χ1n) is 23.1. The van der Waals surface area contributed by atoms with Crippen molar-refractivity contribution >= 4 is 33.2 Å². The standard InChI is InChI=1S/C61H63N4.Pt/c1-57(2,3)44-32-33-62-56(39-44)65-53-29-20-19-28-51(53)52-31-30-46(38-54(52)65)61(42-22-15-13-16-23-42,43-24-17-14-18-25-43)45-26-21-27-49(35-45)64-41-63(40-55(64)60(10,11)12)50-36-47(58(4,5)6)34-48(37-50)59(7,8)9;/h13-34,36-37,39-41H,1-12H3;/q-3;. The predicted molar refractivity (Wildman–Crippen MR) is 274 cm³/mol. The Kier molecular flexibility index (Phi) is 12.2. The van der Waals surface area contributed by atoms with Crippen LogP contribution in [0.25, 0.3) is 27.6 Å². The zero-order chi connectivity index (χ0) is 46.1. The molecule has 66 heavy (non-hydrogen) atoms. The monoisotopic (exact) mass is 1050 g/mol. The molecule has 1 aliphatic rings. The molecule has 0 aliphatic carbocycles. The molecule has 4 nitrogen and oxygen atoms in total. The molecule has 0 saturated carbocycles. The average molecular weight is 1050 g/mol. The molecule has 9 rings (SSSR count). The number of hydrogen-bond donors (Lipinski definition) is 0. The van der Waals surface area contributed by atoms with Gasteiger partial charge in [0.05, 0.1) is 0 Å². The van der Waals surface area contributed by atoms with Crippen molar-refractivity contribution in [1.82, 2.24) is 9.55 Å². The smallest absolute Gasteiger partial charge is 0.135 e. The number of aromatic nitrogens is 2. The molecule has 2 aromatic heterocycles. The Bertz CT molecular complexity index is 2990. The molecule has 0 radical (unpaired) electrons. The largest absolute Gasteiger partial charge is 0.497 e. The number of allylic oxidation sites excluding steroid dienone is 1. The van der Waals surface area contributed by atoms with E-state index in [0.29, 0.717) is 0 Å². The maximum atomic E-state index is 5.02. The van der Waals surface area contributed by atoms with Crippen LogP contribution in [-0.4, -0.2) is 9.55 Å². The van der Waals surface area contributed by atoms with Crippen molar-refractivity contribution in [3.05, 3.63) is 221 Å². The van der Waals surface area contributed by atoms with E-state index in [2.05, 4.69) is 268 Å². The van der Waals surface area contributed by atoms with Crippen molar-refractivity contribution < 1.29 is 21.1 Å². The summed E-state index contributed by atoms with van der Waals surface area (Å²) in [5.41, 5.74) is 12.6. The normalized spacial score (nSPS) is 13.9. The summed E-state index contributed by atoms with van der Waals surface area (Å²) in [4.78, 5) is 9.69. The van der Waals surface area contributed by atoms with Gasteiger partial charge in [0.25, 0.3) is 0 Å². The van der Waals surface area contributed by atoms with Gasteiger partial charge in [-0.25, -0.2) is 4.98 Å². The third kappa shape index (κ3) is 8.47. The molecule has 5 heteroatoms. The zero-order valence-electron chi connectivity index (χ0n) is 40.7. The Hall–Kier alpha value is -5.70. The van der Waals surface area contributed by atoms with Crippen molar-refractivity contribution in [3.8, 4) is 5.82 Å². The third-order valence-electron chi connectivity index (χ3n) is 13.2. The Morgan fingerprint density at radius 2 is 1.06 bits per heavy atom. The second-order valence-electron chi connectivity index (χ2n) is 22.0. The number of rotatable bonds is 7. The molecular weight excluding hydrogens is 984 g/mol. The maximum absolute atomic E-state index is 5.02. The van der Waals surface area contributed by atoms with Crippen LogP contribution in [0.1, 0.15) is 122 Å². The van der Waals surface area contributed by atoms with E-state index >= 15 is 0 Å². The van der Waals surface area contributed by atoms with Gasteiger partial charge in [0.15, 0.2) is 0 Å². The summed E-state index contributed by atoms with van der Waals surface area (Å²) in [6, 6.07) is 61.5. The summed E-state index contributed by atoms with van der Waals surface area (Å²) >= 11 is 0. The fraction of sp³-hybridized carbons (Fsp3) is 0.279. The number of para-hydroxylation sites is 1. The second-order valence-corrected chi connectivity index (χ2v) is 22.0. The molecule has 0 N–H and O–H groups in total. The van der Waals surface area contributed by atoms with Crippen LogP contribution < -0.4 is 9.80 Å². The molecule has 0 spiro atoms. The summed E-state index contributed by atoms with van der Waals surface area (Å²) in [7, 11) is 0. The summed E-state index contributed by atoms with van der Waals surface area (Å²) < 4.78 is 2.30. The maximum Gasteiger partial charge on any atom is 0.135 e. The first kappa shape index (κ1) is 46.8. The number of nitrogens with zero attached hydrogens (tertiary/aromatic N) is 4. The van der Waals surface area contributed by atoms with Crippen molar-refractivity contribution in [2.24, 2.45) is 5.41 Å². The molecule has 1 aliphatic heterocycles. The van der Waals surface area contributed by atoms with Gasteiger partial charge in [-0.1, -0.05) is 174 Å². The summed E-state index contributed by atoms with van der Waals surface area (Å²) in [5.74, 6) is 0.883. The van der Waals surface area contributed by atoms with Crippen LogP contribution in [0.4, 0.5) is 11.4 Å². The number of hydrogen-bond acceptors (Lipinski definition) is 3. The van der Waals surface area contributed by atoms with Crippen LogP contribution in [0.15, 0.2) is 164 Å². The topological polar surface area (TPSA) is 24.3 Å². The molecule has 340 valence electrons. The van der Waals surface area contributed by atoms with E-state index in [0.717, 1.165) is 55.9 Å². The summed E-state index contributed by atoms with van der Waals surface area (Å²) in [6.07, 6.45) is 4.26. The number of pyridine rings is 1. The van der Waals surface area contributed by atoms with Crippen LogP contribution in [0, 0.1) is 24.2 Å². The van der Waals surface area contributed by atoms with Crippen molar-refractivity contribution in [3.63, 3.8) is 0 Å². The Morgan fingerprint density at radius 1 is 0.485 bits per heavy atom. The van der Waals surface area contributed by atoms with E-state index in [4.69, 9.17) is 4.98 Å². The van der Waals surface area contributed by atoms with Crippen LogP contribution in [0.2, 0.25) is 0 Å². The molecule has 0 unspecified atom stereocenters. The molecule has 0 saturated heterocycles. The molecule has 0 fully saturated rings. The molecule has 8 aromatic rings. The molecular formula is C61H63N4Pt-3. The minimum absolute atomic E-state index is 0. The Balaban J connectivity index is 0.00000592. The van der Waals surface area contributed by atoms with E-state index in [9.17, 15) is 0 Å². The fourth-order valence-corrected chi connectivity index (χ4v) is 9.41. The Morgan fingerprint density at radius 3 is 1.65 bits per heavy atom. The van der Waals surface area contributed by atoms with Gasteiger partial charge in [-0.05, 0) is 86.0 Å². The van der Waals surface area contributed by atoms with Crippen LogP contribution in [-0.2, 0) is 42.7 Å². The van der Waals surface area contributed by atoms with E-state index in [1.54, 1.807) is 0 Å². The number of benzene rings is 6. The quantitative estimate of drug-likeness (QED) is 0.117. The van der Waals surface area contributed by atoms with Crippen LogP contribution in [0.3, 0.4) is 0 Å². The van der Waals surface area contributed by atoms with Crippen molar-refractivity contribution in [2.75, 3.05) is 9.80 Å². The van der Waals surface area contributed by atoms with Gasteiger partial charge in [-0.15, -0.1) is 28.9 Å². The minimum atomic E-state index is -0.803. The van der Waals surface area contributed by atoms with E-state index in [1.165, 1.54) is 27.8 Å². The molecule has 0 atom stereocenters. The first-order valence-corrected chi connectivity index (χ1v) is 23.1. The third-order valence-corrected chi connectivity index (χ3v) is 13.2. The van der Waals surface area contributed by atoms with Gasteiger partial charge in [0, 0.05) is 55.0 Å². The summed E-state index contributed by atoms with van der Waals surface area (Å²) in [5, 5.41) is 2.31. The van der Waals surface area contributed by atoms with E-state index < -0.39 is 5.41 Å². The fourth-order valence-electron chi connectivity index (χ4n) is 9.41. The molecule has 0 bridgehead atoms. The molecule has 3 heterocycles. The SMILES string of the molecule is CC(C)(C)C1=CN(c2cc(C(C)(C)C)cc(C(C)(C)C)c2)[CH-]N1c1[c-]c(C(c2[c-]c3c(cc2)c2ccccc2n3-c2cc(C(C)(C)C)ccn2)(c2ccccc2)c2ccccc2)ccc1.[Pt]. The molecule has 0 amide bonds. The Labute approximate surface area is 408 Å². The van der Waals surface area contributed by atoms with Gasteiger partial charge in [0.1, 0.15) is 5.82 Å². The van der Waals surface area contributed by atoms with Crippen LogP contribution in [0.5, 0.6) is 0 Å². The van der Waals surface area contributed by atoms with Crippen molar-refractivity contribution in [1.29, 1.82) is 0 Å². The van der Waals surface area contributed by atoms with Crippen molar-refractivity contribution in [2.45, 2.75) is 105 Å². The number of fused-ring (bicyclic) bond motifs is 3. The molecule has 6 aromatic carbocycles. The predicted octanol–water partition coefficient (Wildman–Crippen LogP) is 15.4. The average Bonchev–Trinajstić information content (AvgIpc) is 3.88. The number of anilines is 2. The van der Waals surface area contributed by atoms with Gasteiger partial charge >= 0.3 is 0 Å².